The third-order valence-electron chi connectivity index (χ3n) is 4.88. The first kappa shape index (κ1) is 14.9. The third-order valence-corrected chi connectivity index (χ3v) is 4.88. The maximum atomic E-state index is 3.72. The zero-order chi connectivity index (χ0) is 14.5. The molecule has 1 atom stereocenters. The van der Waals surface area contributed by atoms with Crippen LogP contribution >= 0.6 is 0 Å². The molecule has 2 aliphatic heterocycles. The zero-order valence-corrected chi connectivity index (χ0v) is 13.4. The summed E-state index contributed by atoms with van der Waals surface area (Å²) in [7, 11) is 0. The van der Waals surface area contributed by atoms with E-state index in [9.17, 15) is 0 Å². The lowest BCUT2D eigenvalue weighted by Crippen LogP contribution is -2.50. The van der Waals surface area contributed by atoms with Gasteiger partial charge in [-0.05, 0) is 44.0 Å². The Labute approximate surface area is 129 Å². The number of aryl methyl sites for hydroxylation is 1. The smallest absolute Gasteiger partial charge is 0.0369 e. The van der Waals surface area contributed by atoms with Crippen LogP contribution in [0.3, 0.4) is 0 Å². The first-order valence-electron chi connectivity index (χ1n) is 8.58. The van der Waals surface area contributed by atoms with Gasteiger partial charge >= 0.3 is 0 Å². The predicted molar refractivity (Wildman–Crippen MR) is 90.1 cm³/mol. The maximum absolute atomic E-state index is 3.72. The monoisotopic (exact) mass is 287 g/mol. The summed E-state index contributed by atoms with van der Waals surface area (Å²) in [5, 5.41) is 3.72. The van der Waals surface area contributed by atoms with Gasteiger partial charge in [0, 0.05) is 44.5 Å². The first-order valence-corrected chi connectivity index (χ1v) is 8.58. The van der Waals surface area contributed by atoms with Crippen molar-refractivity contribution >= 4 is 5.69 Å². The number of hydrogen-bond donors (Lipinski definition) is 1. The third kappa shape index (κ3) is 4.21. The van der Waals surface area contributed by atoms with Crippen LogP contribution < -0.4 is 10.2 Å². The highest BCUT2D eigenvalue weighted by Gasteiger charge is 2.20. The molecule has 2 heterocycles. The SMILES string of the molecule is Cc1cccc(N2CCN(CC3CCCCCN3)CC2)c1. The van der Waals surface area contributed by atoms with Crippen LogP contribution in [0.5, 0.6) is 0 Å². The lowest BCUT2D eigenvalue weighted by Gasteiger charge is -2.37. The molecule has 0 bridgehead atoms. The van der Waals surface area contributed by atoms with Crippen LogP contribution in [0.1, 0.15) is 31.2 Å². The van der Waals surface area contributed by atoms with E-state index in [1.54, 1.807) is 0 Å². The standard InChI is InChI=1S/C18H29N3/c1-16-6-5-8-18(14-16)21-12-10-20(11-13-21)15-17-7-3-2-4-9-19-17/h5-6,8,14,17,19H,2-4,7,9-13,15H2,1H3. The molecule has 0 aromatic heterocycles. The van der Waals surface area contributed by atoms with Crippen LogP contribution in [0.4, 0.5) is 5.69 Å². The largest absolute Gasteiger partial charge is 0.369 e. The average Bonchev–Trinajstić information content (AvgIpc) is 2.77. The molecule has 2 saturated heterocycles. The topological polar surface area (TPSA) is 18.5 Å². The number of anilines is 1. The Morgan fingerprint density at radius 1 is 1.10 bits per heavy atom. The summed E-state index contributed by atoms with van der Waals surface area (Å²) < 4.78 is 0. The van der Waals surface area contributed by atoms with Gasteiger partial charge < -0.3 is 10.2 Å². The molecule has 1 N–H and O–H groups in total. The van der Waals surface area contributed by atoms with E-state index in [4.69, 9.17) is 0 Å². The van der Waals surface area contributed by atoms with Gasteiger partial charge in [-0.25, -0.2) is 0 Å². The number of nitrogens with zero attached hydrogens (tertiary/aromatic N) is 2. The van der Waals surface area contributed by atoms with Crippen molar-refractivity contribution in [2.75, 3.05) is 44.2 Å². The number of nitrogens with one attached hydrogen (secondary N) is 1. The fourth-order valence-corrected chi connectivity index (χ4v) is 3.58. The Morgan fingerprint density at radius 3 is 2.76 bits per heavy atom. The molecule has 3 heteroatoms. The van der Waals surface area contributed by atoms with Crippen molar-refractivity contribution in [2.24, 2.45) is 0 Å². The van der Waals surface area contributed by atoms with E-state index in [1.807, 2.05) is 0 Å². The highest BCUT2D eigenvalue weighted by Crippen LogP contribution is 2.18. The molecular weight excluding hydrogens is 258 g/mol. The minimum Gasteiger partial charge on any atom is -0.369 e. The van der Waals surface area contributed by atoms with Crippen molar-refractivity contribution < 1.29 is 0 Å². The fourth-order valence-electron chi connectivity index (χ4n) is 3.58. The number of piperazine rings is 1. The van der Waals surface area contributed by atoms with Crippen molar-refractivity contribution in [3.05, 3.63) is 29.8 Å². The van der Waals surface area contributed by atoms with Gasteiger partial charge in [-0.1, -0.05) is 25.0 Å². The summed E-state index contributed by atoms with van der Waals surface area (Å²) in [6, 6.07) is 9.63. The highest BCUT2D eigenvalue weighted by molar-refractivity contribution is 5.48. The molecule has 1 aromatic rings. The van der Waals surface area contributed by atoms with Crippen LogP contribution in [0.25, 0.3) is 0 Å². The zero-order valence-electron chi connectivity index (χ0n) is 13.4. The van der Waals surface area contributed by atoms with E-state index < -0.39 is 0 Å². The number of rotatable bonds is 3. The fraction of sp³-hybridized carbons (Fsp3) is 0.667. The molecule has 0 amide bonds. The van der Waals surface area contributed by atoms with Gasteiger partial charge in [-0.2, -0.15) is 0 Å². The molecule has 0 aliphatic carbocycles. The summed E-state index contributed by atoms with van der Waals surface area (Å²) >= 11 is 0. The molecular formula is C18H29N3. The van der Waals surface area contributed by atoms with Gasteiger partial charge in [0.25, 0.3) is 0 Å². The predicted octanol–water partition coefficient (Wildman–Crippen LogP) is 2.65. The lowest BCUT2D eigenvalue weighted by molar-refractivity contribution is 0.227. The van der Waals surface area contributed by atoms with Gasteiger partial charge in [0.15, 0.2) is 0 Å². The Balaban J connectivity index is 1.48. The van der Waals surface area contributed by atoms with Crippen LogP contribution in [-0.2, 0) is 0 Å². The van der Waals surface area contributed by atoms with Gasteiger partial charge in [0.2, 0.25) is 0 Å². The van der Waals surface area contributed by atoms with Gasteiger partial charge in [0.1, 0.15) is 0 Å². The maximum Gasteiger partial charge on any atom is 0.0369 e. The average molecular weight is 287 g/mol. The number of benzene rings is 1. The van der Waals surface area contributed by atoms with Crippen molar-refractivity contribution in [1.82, 2.24) is 10.2 Å². The molecule has 21 heavy (non-hydrogen) atoms. The van der Waals surface area contributed by atoms with Gasteiger partial charge in [-0.3, -0.25) is 4.90 Å². The molecule has 0 saturated carbocycles. The minimum absolute atomic E-state index is 0.720. The molecule has 116 valence electrons. The Hall–Kier alpha value is -1.06. The van der Waals surface area contributed by atoms with Crippen LogP contribution in [0.15, 0.2) is 24.3 Å². The molecule has 2 aliphatic rings. The van der Waals surface area contributed by atoms with Crippen LogP contribution in [0, 0.1) is 6.92 Å². The molecule has 1 unspecified atom stereocenters. The van der Waals surface area contributed by atoms with E-state index in [2.05, 4.69) is 46.3 Å². The second-order valence-electron chi connectivity index (χ2n) is 6.63. The Kier molecular flexibility index (Phi) is 5.15. The summed E-state index contributed by atoms with van der Waals surface area (Å²) in [6.07, 6.45) is 5.53. The molecule has 3 rings (SSSR count). The van der Waals surface area contributed by atoms with Crippen LogP contribution in [0.2, 0.25) is 0 Å². The Morgan fingerprint density at radius 2 is 1.95 bits per heavy atom. The Bertz CT molecular complexity index is 430. The summed E-state index contributed by atoms with van der Waals surface area (Å²) in [4.78, 5) is 5.18. The summed E-state index contributed by atoms with van der Waals surface area (Å²) in [5.74, 6) is 0. The summed E-state index contributed by atoms with van der Waals surface area (Å²) in [5.41, 5.74) is 2.75. The molecule has 0 radical (unpaired) electrons. The normalized spacial score (nSPS) is 24.8. The molecule has 1 aromatic carbocycles. The minimum atomic E-state index is 0.720. The summed E-state index contributed by atoms with van der Waals surface area (Å²) in [6.45, 7) is 9.36. The van der Waals surface area contributed by atoms with Gasteiger partial charge in [-0.15, -0.1) is 0 Å². The lowest BCUT2D eigenvalue weighted by atomic mass is 10.1. The van der Waals surface area contributed by atoms with E-state index in [-0.39, 0.29) is 0 Å². The van der Waals surface area contributed by atoms with Crippen LogP contribution in [-0.4, -0.2) is 50.2 Å². The van der Waals surface area contributed by atoms with E-state index in [1.165, 1.54) is 63.1 Å². The number of hydrogen-bond acceptors (Lipinski definition) is 3. The quantitative estimate of drug-likeness (QED) is 0.922. The van der Waals surface area contributed by atoms with E-state index >= 15 is 0 Å². The second kappa shape index (κ2) is 7.28. The van der Waals surface area contributed by atoms with Crippen molar-refractivity contribution in [3.8, 4) is 0 Å². The molecule has 3 nitrogen and oxygen atoms in total. The first-order chi connectivity index (χ1) is 10.3. The highest BCUT2D eigenvalue weighted by atomic mass is 15.3. The van der Waals surface area contributed by atoms with E-state index in [0.717, 1.165) is 19.1 Å². The van der Waals surface area contributed by atoms with Crippen molar-refractivity contribution in [3.63, 3.8) is 0 Å². The van der Waals surface area contributed by atoms with Crippen molar-refractivity contribution in [2.45, 2.75) is 38.6 Å². The second-order valence-corrected chi connectivity index (χ2v) is 6.63. The van der Waals surface area contributed by atoms with Gasteiger partial charge in [0.05, 0.1) is 0 Å². The molecule has 2 fully saturated rings. The van der Waals surface area contributed by atoms with Crippen molar-refractivity contribution in [1.29, 1.82) is 0 Å². The van der Waals surface area contributed by atoms with E-state index in [0.29, 0.717) is 0 Å². The molecule has 0 spiro atoms.